The van der Waals surface area contributed by atoms with E-state index in [1.807, 2.05) is 6.07 Å². The number of hydrogen-bond donors (Lipinski definition) is 1. The normalized spacial score (nSPS) is 11.5. The summed E-state index contributed by atoms with van der Waals surface area (Å²) >= 11 is 0. The van der Waals surface area contributed by atoms with Crippen LogP contribution >= 0.6 is 0 Å². The lowest BCUT2D eigenvalue weighted by molar-refractivity contribution is -0.216. The molecule has 0 aliphatic heterocycles. The summed E-state index contributed by atoms with van der Waals surface area (Å²) in [5, 5.41) is 10.7. The van der Waals surface area contributed by atoms with Gasteiger partial charge in [0.05, 0.1) is 29.7 Å². The van der Waals surface area contributed by atoms with Crippen molar-refractivity contribution in [2.75, 3.05) is 6.54 Å². The maximum atomic E-state index is 14.6. The van der Waals surface area contributed by atoms with E-state index in [0.29, 0.717) is 6.41 Å². The number of carbonyl (C=O) groups excluding carboxylic acids is 1. The average molecular weight is 415 g/mol. The molecule has 0 bridgehead atoms. The summed E-state index contributed by atoms with van der Waals surface area (Å²) in [5.74, 6) is -1.80. The molecule has 0 radical (unpaired) electrons. The van der Waals surface area contributed by atoms with Gasteiger partial charge in [0.15, 0.2) is 0 Å². The molecule has 2 aromatic heterocycles. The lowest BCUT2D eigenvalue weighted by Crippen LogP contribution is -2.35. The Morgan fingerprint density at radius 1 is 1.33 bits per heavy atom. The molecule has 0 unspecified atom stereocenters. The number of nitrogens with one attached hydrogen (secondary N) is 1. The number of aromatic amines is 1. The van der Waals surface area contributed by atoms with Crippen molar-refractivity contribution in [3.05, 3.63) is 52.1 Å². The van der Waals surface area contributed by atoms with E-state index in [4.69, 9.17) is 4.84 Å². The topological polar surface area (TPSA) is 104 Å². The highest BCUT2D eigenvalue weighted by atomic mass is 19.1. The van der Waals surface area contributed by atoms with Crippen LogP contribution < -0.4 is 5.56 Å². The number of fused-ring (bicyclic) bond motifs is 1. The molecule has 3 rings (SSSR count). The third-order valence-corrected chi connectivity index (χ3v) is 4.21. The molecule has 0 spiro atoms. The van der Waals surface area contributed by atoms with Gasteiger partial charge in [-0.3, -0.25) is 14.4 Å². The van der Waals surface area contributed by atoms with E-state index in [0.717, 1.165) is 23.5 Å². The van der Waals surface area contributed by atoms with Gasteiger partial charge >= 0.3 is 0 Å². The zero-order valence-electron chi connectivity index (χ0n) is 16.6. The number of hydroxylamine groups is 2. The van der Waals surface area contributed by atoms with E-state index < -0.39 is 28.4 Å². The second kappa shape index (κ2) is 8.04. The van der Waals surface area contributed by atoms with E-state index in [9.17, 15) is 23.6 Å². The lowest BCUT2D eigenvalue weighted by Gasteiger charge is -2.27. The second-order valence-electron chi connectivity index (χ2n) is 7.46. The first-order valence-corrected chi connectivity index (χ1v) is 9.03. The Balaban J connectivity index is 2.23. The fourth-order valence-electron chi connectivity index (χ4n) is 3.17. The third kappa shape index (κ3) is 3.92. The minimum atomic E-state index is -0.898. The van der Waals surface area contributed by atoms with Crippen molar-refractivity contribution in [1.82, 2.24) is 19.6 Å². The Morgan fingerprint density at radius 3 is 2.57 bits per heavy atom. The van der Waals surface area contributed by atoms with Crippen molar-refractivity contribution in [1.29, 1.82) is 5.26 Å². The lowest BCUT2D eigenvalue weighted by atomic mass is 10.1. The monoisotopic (exact) mass is 415 g/mol. The highest BCUT2D eigenvalue weighted by Crippen LogP contribution is 2.34. The zero-order valence-corrected chi connectivity index (χ0v) is 16.6. The van der Waals surface area contributed by atoms with Gasteiger partial charge in [-0.15, -0.1) is 0 Å². The number of carbonyl (C=O) groups is 1. The van der Waals surface area contributed by atoms with Crippen LogP contribution in [0.2, 0.25) is 0 Å². The minimum absolute atomic E-state index is 0.00768. The van der Waals surface area contributed by atoms with Gasteiger partial charge < -0.3 is 9.55 Å². The molecule has 0 saturated heterocycles. The second-order valence-corrected chi connectivity index (χ2v) is 7.46. The summed E-state index contributed by atoms with van der Waals surface area (Å²) in [7, 11) is 0. The Morgan fingerprint density at radius 2 is 2.00 bits per heavy atom. The van der Waals surface area contributed by atoms with Crippen LogP contribution in [-0.4, -0.2) is 38.2 Å². The van der Waals surface area contributed by atoms with Crippen LogP contribution in [-0.2, 0) is 16.2 Å². The van der Waals surface area contributed by atoms with Crippen LogP contribution in [0.1, 0.15) is 26.3 Å². The molecule has 10 heteroatoms. The molecule has 156 valence electrons. The predicted molar refractivity (Wildman–Crippen MR) is 104 cm³/mol. The van der Waals surface area contributed by atoms with Crippen LogP contribution in [0.3, 0.4) is 0 Å². The molecular weight excluding hydrogens is 396 g/mol. The number of benzene rings is 1. The summed E-state index contributed by atoms with van der Waals surface area (Å²) in [6, 6.07) is 5.20. The van der Waals surface area contributed by atoms with Crippen molar-refractivity contribution < 1.29 is 18.4 Å². The minimum Gasteiger partial charge on any atom is -0.331 e. The Hall–Kier alpha value is -3.58. The SMILES string of the molecule is CC(C)(C)ON(C=O)CCn1c(-c2c(F)cccc2F)c(C#N)c2nc[nH]c(=O)c21. The molecule has 1 amide bonds. The van der Waals surface area contributed by atoms with Gasteiger partial charge in [-0.25, -0.2) is 18.8 Å². The van der Waals surface area contributed by atoms with Gasteiger partial charge in [0, 0.05) is 6.54 Å². The van der Waals surface area contributed by atoms with Gasteiger partial charge in [0.1, 0.15) is 34.3 Å². The zero-order chi connectivity index (χ0) is 22.1. The number of amides is 1. The molecule has 0 aliphatic carbocycles. The maximum Gasteiger partial charge on any atom is 0.275 e. The summed E-state index contributed by atoms with van der Waals surface area (Å²) < 4.78 is 30.5. The fraction of sp³-hybridized carbons (Fsp3) is 0.300. The molecule has 1 aromatic carbocycles. The van der Waals surface area contributed by atoms with Gasteiger partial charge in [0.2, 0.25) is 6.41 Å². The van der Waals surface area contributed by atoms with Gasteiger partial charge in [-0.1, -0.05) is 6.07 Å². The summed E-state index contributed by atoms with van der Waals surface area (Å²) in [6.45, 7) is 5.11. The largest absolute Gasteiger partial charge is 0.331 e. The van der Waals surface area contributed by atoms with E-state index in [1.54, 1.807) is 20.8 Å². The molecule has 30 heavy (non-hydrogen) atoms. The van der Waals surface area contributed by atoms with Gasteiger partial charge in [0.25, 0.3) is 5.56 Å². The molecule has 0 saturated carbocycles. The van der Waals surface area contributed by atoms with E-state index in [1.165, 1.54) is 10.6 Å². The first kappa shape index (κ1) is 21.1. The molecule has 2 heterocycles. The van der Waals surface area contributed by atoms with Crippen LogP contribution in [0.25, 0.3) is 22.3 Å². The number of rotatable bonds is 6. The van der Waals surface area contributed by atoms with Gasteiger partial charge in [-0.2, -0.15) is 5.26 Å². The Labute approximate surface area is 170 Å². The number of hydrogen-bond acceptors (Lipinski definition) is 5. The number of nitrogens with zero attached hydrogens (tertiary/aromatic N) is 4. The quantitative estimate of drug-likeness (QED) is 0.492. The molecule has 8 nitrogen and oxygen atoms in total. The fourth-order valence-corrected chi connectivity index (χ4v) is 3.17. The van der Waals surface area contributed by atoms with Crippen LogP contribution in [0.4, 0.5) is 8.78 Å². The van der Waals surface area contributed by atoms with Crippen molar-refractivity contribution in [3.8, 4) is 17.3 Å². The highest BCUT2D eigenvalue weighted by Gasteiger charge is 2.27. The number of H-pyrrole nitrogens is 1. The summed E-state index contributed by atoms with van der Waals surface area (Å²) in [6.07, 6.45) is 1.58. The molecule has 0 atom stereocenters. The molecule has 0 aliphatic rings. The first-order chi connectivity index (χ1) is 14.2. The number of nitriles is 1. The van der Waals surface area contributed by atoms with Crippen LogP contribution in [0, 0.1) is 23.0 Å². The predicted octanol–water partition coefficient (Wildman–Crippen LogP) is 2.73. The van der Waals surface area contributed by atoms with Crippen molar-refractivity contribution >= 4 is 17.4 Å². The maximum absolute atomic E-state index is 14.6. The Kier molecular flexibility index (Phi) is 5.67. The summed E-state index contributed by atoms with van der Waals surface area (Å²) in [4.78, 5) is 35.8. The van der Waals surface area contributed by atoms with E-state index in [-0.39, 0.29) is 35.4 Å². The number of aromatic nitrogens is 3. The molecule has 3 aromatic rings. The molecular formula is C20H19F2N5O3. The van der Waals surface area contributed by atoms with Gasteiger partial charge in [-0.05, 0) is 32.9 Å². The smallest absolute Gasteiger partial charge is 0.275 e. The third-order valence-electron chi connectivity index (χ3n) is 4.21. The highest BCUT2D eigenvalue weighted by molar-refractivity contribution is 5.91. The van der Waals surface area contributed by atoms with Crippen LogP contribution in [0.15, 0.2) is 29.3 Å². The van der Waals surface area contributed by atoms with Crippen LogP contribution in [0.5, 0.6) is 0 Å². The molecule has 1 N–H and O–H groups in total. The average Bonchev–Trinajstić information content (AvgIpc) is 2.98. The van der Waals surface area contributed by atoms with E-state index in [2.05, 4.69) is 9.97 Å². The van der Waals surface area contributed by atoms with Crippen molar-refractivity contribution in [2.24, 2.45) is 0 Å². The first-order valence-electron chi connectivity index (χ1n) is 9.03. The summed E-state index contributed by atoms with van der Waals surface area (Å²) in [5.41, 5.74) is -2.02. The Bertz CT molecular complexity index is 1180. The van der Waals surface area contributed by atoms with Crippen molar-refractivity contribution in [2.45, 2.75) is 32.9 Å². The van der Waals surface area contributed by atoms with E-state index >= 15 is 0 Å². The molecule has 0 fully saturated rings. The number of halogens is 2. The van der Waals surface area contributed by atoms with Crippen molar-refractivity contribution in [3.63, 3.8) is 0 Å². The standard InChI is InChI=1S/C20H19F2N5O3/c1-20(2,3)30-26(11-28)7-8-27-17(15-13(21)5-4-6-14(15)22)12(9-23)16-18(27)19(29)25-10-24-16/h4-6,10-11H,7-8H2,1-3H3,(H,24,25,29).